The second-order valence-electron chi connectivity index (χ2n) is 4.99. The van der Waals surface area contributed by atoms with Crippen LogP contribution in [0.4, 0.5) is 4.79 Å². The number of methoxy groups -OCH3 is 1. The zero-order chi connectivity index (χ0) is 16.7. The van der Waals surface area contributed by atoms with E-state index >= 15 is 0 Å². The molecule has 6 nitrogen and oxygen atoms in total. The van der Waals surface area contributed by atoms with E-state index in [-0.39, 0.29) is 13.0 Å². The van der Waals surface area contributed by atoms with E-state index < -0.39 is 18.1 Å². The van der Waals surface area contributed by atoms with Gasteiger partial charge in [0.25, 0.3) is 0 Å². The minimum Gasteiger partial charge on any atom is -0.467 e. The Morgan fingerprint density at radius 2 is 1.78 bits per heavy atom. The van der Waals surface area contributed by atoms with Crippen LogP contribution in [-0.4, -0.2) is 40.2 Å². The van der Waals surface area contributed by atoms with Crippen LogP contribution < -0.4 is 0 Å². The van der Waals surface area contributed by atoms with E-state index in [9.17, 15) is 14.7 Å². The summed E-state index contributed by atoms with van der Waals surface area (Å²) >= 11 is 0. The van der Waals surface area contributed by atoms with Gasteiger partial charge in [-0.1, -0.05) is 30.3 Å². The van der Waals surface area contributed by atoms with Crippen LogP contribution in [0.2, 0.25) is 0 Å². The van der Waals surface area contributed by atoms with Crippen molar-refractivity contribution in [1.82, 2.24) is 9.88 Å². The Balaban J connectivity index is 2.26. The Hall–Kier alpha value is -2.89. The molecule has 0 radical (unpaired) electrons. The standard InChI is InChI=1S/C17H18N2O4/c1-23-16(20)15(11-13-5-3-2-4-6-13)19(17(21)22)12-14-7-9-18-10-8-14/h2-10,15H,11-12H2,1H3,(H,21,22). The predicted molar refractivity (Wildman–Crippen MR) is 83.8 cm³/mol. The van der Waals surface area contributed by atoms with Crippen molar-refractivity contribution in [2.75, 3.05) is 7.11 Å². The number of carbonyl (C=O) groups excluding carboxylic acids is 1. The van der Waals surface area contributed by atoms with Crippen LogP contribution in [0.25, 0.3) is 0 Å². The van der Waals surface area contributed by atoms with Crippen molar-refractivity contribution < 1.29 is 19.4 Å². The topological polar surface area (TPSA) is 79.7 Å². The summed E-state index contributed by atoms with van der Waals surface area (Å²) in [4.78, 5) is 28.8. The lowest BCUT2D eigenvalue weighted by molar-refractivity contribution is -0.146. The number of ether oxygens (including phenoxy) is 1. The summed E-state index contributed by atoms with van der Waals surface area (Å²) in [6.45, 7) is 0.0878. The van der Waals surface area contributed by atoms with Gasteiger partial charge in [-0.3, -0.25) is 9.88 Å². The summed E-state index contributed by atoms with van der Waals surface area (Å²) in [5.74, 6) is -0.578. The Morgan fingerprint density at radius 1 is 1.13 bits per heavy atom. The molecule has 1 amide bonds. The molecule has 0 saturated heterocycles. The number of rotatable bonds is 6. The van der Waals surface area contributed by atoms with Crippen molar-refractivity contribution in [1.29, 1.82) is 0 Å². The number of hydrogen-bond donors (Lipinski definition) is 1. The fourth-order valence-electron chi connectivity index (χ4n) is 2.29. The molecule has 2 aromatic rings. The van der Waals surface area contributed by atoms with Gasteiger partial charge in [0.1, 0.15) is 6.04 Å². The number of hydrogen-bond acceptors (Lipinski definition) is 4. The van der Waals surface area contributed by atoms with E-state index in [0.29, 0.717) is 0 Å². The number of benzene rings is 1. The minimum atomic E-state index is -1.17. The smallest absolute Gasteiger partial charge is 0.408 e. The molecule has 1 heterocycles. The highest BCUT2D eigenvalue weighted by atomic mass is 16.5. The van der Waals surface area contributed by atoms with Crippen molar-refractivity contribution in [3.8, 4) is 0 Å². The average molecular weight is 314 g/mol. The number of esters is 1. The quantitative estimate of drug-likeness (QED) is 0.828. The highest BCUT2D eigenvalue weighted by molar-refractivity contribution is 5.81. The maximum Gasteiger partial charge on any atom is 0.408 e. The van der Waals surface area contributed by atoms with E-state index in [1.54, 1.807) is 24.5 Å². The molecule has 0 aliphatic carbocycles. The summed E-state index contributed by atoms with van der Waals surface area (Å²) in [6, 6.07) is 11.8. The third-order valence-corrected chi connectivity index (χ3v) is 3.47. The second-order valence-corrected chi connectivity index (χ2v) is 4.99. The number of nitrogens with zero attached hydrogens (tertiary/aromatic N) is 2. The molecular formula is C17H18N2O4. The third kappa shape index (κ3) is 4.54. The first-order valence-corrected chi connectivity index (χ1v) is 7.12. The van der Waals surface area contributed by atoms with Crippen molar-refractivity contribution in [3.05, 3.63) is 66.0 Å². The number of carbonyl (C=O) groups is 2. The van der Waals surface area contributed by atoms with Gasteiger partial charge in [-0.25, -0.2) is 9.59 Å². The molecule has 120 valence electrons. The van der Waals surface area contributed by atoms with Crippen molar-refractivity contribution in [2.45, 2.75) is 19.0 Å². The molecule has 1 aromatic carbocycles. The summed E-state index contributed by atoms with van der Waals surface area (Å²) in [5.41, 5.74) is 1.62. The van der Waals surface area contributed by atoms with Gasteiger partial charge < -0.3 is 9.84 Å². The Kier molecular flexibility index (Phi) is 5.68. The molecule has 0 spiro atoms. The van der Waals surface area contributed by atoms with Gasteiger partial charge in [0.15, 0.2) is 0 Å². The van der Waals surface area contributed by atoms with Crippen LogP contribution in [0.1, 0.15) is 11.1 Å². The van der Waals surface area contributed by atoms with Crippen LogP contribution in [0.3, 0.4) is 0 Å². The van der Waals surface area contributed by atoms with Crippen LogP contribution in [0.15, 0.2) is 54.9 Å². The van der Waals surface area contributed by atoms with Gasteiger partial charge in [0, 0.05) is 18.8 Å². The first-order chi connectivity index (χ1) is 11.1. The Labute approximate surface area is 134 Å². The van der Waals surface area contributed by atoms with E-state index in [2.05, 4.69) is 4.98 Å². The summed E-state index contributed by atoms with van der Waals surface area (Å²) < 4.78 is 4.80. The molecule has 2 rings (SSSR count). The van der Waals surface area contributed by atoms with Gasteiger partial charge in [-0.2, -0.15) is 0 Å². The molecular weight excluding hydrogens is 296 g/mol. The normalized spacial score (nSPS) is 11.5. The minimum absolute atomic E-state index is 0.0878. The SMILES string of the molecule is COC(=O)C(Cc1ccccc1)N(Cc1ccncc1)C(=O)O. The van der Waals surface area contributed by atoms with E-state index in [1.807, 2.05) is 30.3 Å². The van der Waals surface area contributed by atoms with E-state index in [4.69, 9.17) is 4.74 Å². The zero-order valence-electron chi connectivity index (χ0n) is 12.8. The van der Waals surface area contributed by atoms with Crippen molar-refractivity contribution in [2.24, 2.45) is 0 Å². The lowest BCUT2D eigenvalue weighted by atomic mass is 10.0. The van der Waals surface area contributed by atoms with Crippen molar-refractivity contribution >= 4 is 12.1 Å². The average Bonchev–Trinajstić information content (AvgIpc) is 2.59. The van der Waals surface area contributed by atoms with Crippen LogP contribution in [-0.2, 0) is 22.5 Å². The summed E-state index contributed by atoms with van der Waals surface area (Å²) in [6.07, 6.45) is 2.25. The lowest BCUT2D eigenvalue weighted by Crippen LogP contribution is -2.45. The maximum absolute atomic E-state index is 12.1. The number of pyridine rings is 1. The molecule has 0 aliphatic rings. The largest absolute Gasteiger partial charge is 0.467 e. The summed E-state index contributed by atoms with van der Waals surface area (Å²) in [5, 5.41) is 9.53. The monoisotopic (exact) mass is 314 g/mol. The van der Waals surface area contributed by atoms with Gasteiger partial charge in [0.05, 0.1) is 13.7 Å². The second kappa shape index (κ2) is 7.93. The van der Waals surface area contributed by atoms with Crippen LogP contribution in [0.5, 0.6) is 0 Å². The van der Waals surface area contributed by atoms with E-state index in [1.165, 1.54) is 7.11 Å². The fourth-order valence-corrected chi connectivity index (χ4v) is 2.29. The molecule has 0 fully saturated rings. The summed E-state index contributed by atoms with van der Waals surface area (Å²) in [7, 11) is 1.26. The molecule has 6 heteroatoms. The highest BCUT2D eigenvalue weighted by Gasteiger charge is 2.30. The van der Waals surface area contributed by atoms with Gasteiger partial charge >= 0.3 is 12.1 Å². The Bertz CT molecular complexity index is 646. The predicted octanol–water partition coefficient (Wildman–Crippen LogP) is 2.35. The molecule has 1 atom stereocenters. The zero-order valence-corrected chi connectivity index (χ0v) is 12.8. The molecule has 0 aliphatic heterocycles. The number of carboxylic acid groups (broad SMARTS) is 1. The molecule has 1 N–H and O–H groups in total. The highest BCUT2D eigenvalue weighted by Crippen LogP contribution is 2.15. The number of aromatic nitrogens is 1. The molecule has 1 unspecified atom stereocenters. The molecule has 23 heavy (non-hydrogen) atoms. The maximum atomic E-state index is 12.1. The first kappa shape index (κ1) is 16.5. The lowest BCUT2D eigenvalue weighted by Gasteiger charge is -2.27. The van der Waals surface area contributed by atoms with Gasteiger partial charge in [-0.05, 0) is 23.3 Å². The van der Waals surface area contributed by atoms with E-state index in [0.717, 1.165) is 16.0 Å². The van der Waals surface area contributed by atoms with Gasteiger partial charge in [0.2, 0.25) is 0 Å². The fraction of sp³-hybridized carbons (Fsp3) is 0.235. The first-order valence-electron chi connectivity index (χ1n) is 7.12. The molecule has 0 saturated carbocycles. The van der Waals surface area contributed by atoms with Crippen LogP contribution in [0, 0.1) is 0 Å². The van der Waals surface area contributed by atoms with Crippen LogP contribution >= 0.6 is 0 Å². The Morgan fingerprint density at radius 3 is 2.35 bits per heavy atom. The van der Waals surface area contributed by atoms with Gasteiger partial charge in [-0.15, -0.1) is 0 Å². The number of amides is 1. The third-order valence-electron chi connectivity index (χ3n) is 3.47. The molecule has 1 aromatic heterocycles. The molecule has 0 bridgehead atoms. The van der Waals surface area contributed by atoms with Crippen molar-refractivity contribution in [3.63, 3.8) is 0 Å².